The molecule has 1 aromatic heterocycles. The molecular formula is C31H41N5O4. The summed E-state index contributed by atoms with van der Waals surface area (Å²) < 4.78 is 13.7. The number of urea groups is 1. The third-order valence-electron chi connectivity index (χ3n) is 8.50. The third-order valence-corrected chi connectivity index (χ3v) is 8.50. The van der Waals surface area contributed by atoms with Gasteiger partial charge in [0.15, 0.2) is 0 Å². The van der Waals surface area contributed by atoms with Gasteiger partial charge >= 0.3 is 6.03 Å². The van der Waals surface area contributed by atoms with Gasteiger partial charge in [-0.25, -0.2) is 9.48 Å². The number of hydrogen-bond acceptors (Lipinski definition) is 6. The van der Waals surface area contributed by atoms with Gasteiger partial charge in [0.25, 0.3) is 0 Å². The van der Waals surface area contributed by atoms with E-state index in [1.807, 2.05) is 75.4 Å². The van der Waals surface area contributed by atoms with Crippen LogP contribution in [0.1, 0.15) is 49.4 Å². The molecule has 2 amide bonds. The number of benzene rings is 2. The monoisotopic (exact) mass is 547 g/mol. The van der Waals surface area contributed by atoms with Gasteiger partial charge in [-0.05, 0) is 69.1 Å². The maximum absolute atomic E-state index is 13.5. The first-order valence-electron chi connectivity index (χ1n) is 14.0. The maximum atomic E-state index is 13.5. The van der Waals surface area contributed by atoms with Crippen molar-refractivity contribution in [1.29, 1.82) is 0 Å². The van der Waals surface area contributed by atoms with Crippen LogP contribution in [0.2, 0.25) is 0 Å². The summed E-state index contributed by atoms with van der Waals surface area (Å²) in [5, 5.41) is 22.1. The topological polar surface area (TPSA) is 101 Å². The average molecular weight is 548 g/mol. The van der Waals surface area contributed by atoms with E-state index in [9.17, 15) is 9.90 Å². The van der Waals surface area contributed by atoms with E-state index in [0.29, 0.717) is 24.2 Å². The molecule has 0 saturated carbocycles. The summed E-state index contributed by atoms with van der Waals surface area (Å²) in [6.07, 6.45) is 0.748. The van der Waals surface area contributed by atoms with Gasteiger partial charge in [0.05, 0.1) is 30.0 Å². The van der Waals surface area contributed by atoms with Gasteiger partial charge in [-0.2, -0.15) is 0 Å². The number of fused-ring (bicyclic) bond motifs is 1. The second-order valence-electron chi connectivity index (χ2n) is 11.6. The Morgan fingerprint density at radius 1 is 1.10 bits per heavy atom. The number of anilines is 1. The van der Waals surface area contributed by atoms with Crippen molar-refractivity contribution >= 4 is 11.8 Å². The Kier molecular flexibility index (Phi) is 8.16. The molecule has 0 spiro atoms. The van der Waals surface area contributed by atoms with Crippen LogP contribution in [0.25, 0.3) is 5.69 Å². The number of ether oxygens (including phenoxy) is 2. The molecule has 1 saturated heterocycles. The molecule has 214 valence electrons. The maximum Gasteiger partial charge on any atom is 0.320 e. The zero-order valence-corrected chi connectivity index (χ0v) is 24.1. The molecule has 2 heterocycles. The van der Waals surface area contributed by atoms with Crippen LogP contribution < -0.4 is 15.4 Å². The molecule has 9 nitrogen and oxygen atoms in total. The number of methoxy groups -OCH3 is 1. The lowest BCUT2D eigenvalue weighted by molar-refractivity contribution is -0.0730. The Balaban J connectivity index is 1.39. The van der Waals surface area contributed by atoms with Gasteiger partial charge in [-0.15, -0.1) is 5.10 Å². The molecule has 2 aliphatic rings. The smallest absolute Gasteiger partial charge is 0.320 e. The Morgan fingerprint density at radius 3 is 2.48 bits per heavy atom. The minimum absolute atomic E-state index is 0.429. The number of aliphatic hydroxyl groups excluding tert-OH is 1. The number of nitrogens with one attached hydrogen (secondary N) is 2. The summed E-state index contributed by atoms with van der Waals surface area (Å²) >= 11 is 0. The van der Waals surface area contributed by atoms with Crippen molar-refractivity contribution in [3.05, 3.63) is 71.3 Å². The molecule has 1 aliphatic carbocycles. The average Bonchev–Trinajstić information content (AvgIpc) is 3.26. The van der Waals surface area contributed by atoms with E-state index >= 15 is 0 Å². The second kappa shape index (κ2) is 11.6. The number of amides is 2. The van der Waals surface area contributed by atoms with Crippen molar-refractivity contribution in [3.8, 4) is 11.6 Å². The number of carbonyl (C=O) groups excluding carboxylic acids is 1. The standard InChI is InChI=1S/C31H41N5O4/c1-20-28(33-30(38)32-25-23-13-9-10-14-24(23)31(2,3)27(39-5)26(25)37)36(22-11-7-6-8-12-22)34-29(20)40-19-21-15-17-35(4)18-16-21/h6-14,21,25-27,37H,15-19H2,1-5H3,(H2,32,33,38)/t25-,26+,27-/m1/s1. The number of aromatic nitrogens is 2. The van der Waals surface area contributed by atoms with Gasteiger partial charge < -0.3 is 24.8 Å². The third kappa shape index (κ3) is 5.46. The Hall–Kier alpha value is -3.40. The lowest BCUT2D eigenvalue weighted by atomic mass is 9.67. The Bertz CT molecular complexity index is 1320. The molecule has 0 unspecified atom stereocenters. The highest BCUT2D eigenvalue weighted by Crippen LogP contribution is 2.43. The summed E-state index contributed by atoms with van der Waals surface area (Å²) in [5.41, 5.74) is 3.03. The molecule has 5 rings (SSSR count). The highest BCUT2D eigenvalue weighted by Gasteiger charge is 2.47. The van der Waals surface area contributed by atoms with Crippen molar-refractivity contribution in [2.75, 3.05) is 39.2 Å². The van der Waals surface area contributed by atoms with Crippen molar-refractivity contribution in [3.63, 3.8) is 0 Å². The number of hydrogen-bond donors (Lipinski definition) is 3. The summed E-state index contributed by atoms with van der Waals surface area (Å²) in [7, 11) is 3.74. The predicted octanol–water partition coefficient (Wildman–Crippen LogP) is 4.43. The number of likely N-dealkylation sites (tertiary alicyclic amines) is 1. The molecule has 3 aromatic rings. The lowest BCUT2D eigenvalue weighted by Gasteiger charge is -2.46. The molecule has 0 bridgehead atoms. The van der Waals surface area contributed by atoms with Crippen molar-refractivity contribution in [2.45, 2.75) is 57.3 Å². The summed E-state index contributed by atoms with van der Waals surface area (Å²) in [6.45, 7) is 8.72. The molecule has 0 radical (unpaired) electrons. The predicted molar refractivity (Wildman–Crippen MR) is 155 cm³/mol. The number of aliphatic hydroxyl groups is 1. The van der Waals surface area contributed by atoms with Gasteiger partial charge in [-0.1, -0.05) is 56.3 Å². The van der Waals surface area contributed by atoms with Gasteiger partial charge in [-0.3, -0.25) is 5.32 Å². The minimum atomic E-state index is -0.936. The van der Waals surface area contributed by atoms with Gasteiger partial charge in [0.2, 0.25) is 5.88 Å². The van der Waals surface area contributed by atoms with Crippen LogP contribution in [0.4, 0.5) is 10.6 Å². The van der Waals surface area contributed by atoms with Crippen LogP contribution in [-0.4, -0.2) is 71.9 Å². The number of nitrogens with zero attached hydrogens (tertiary/aromatic N) is 3. The van der Waals surface area contributed by atoms with E-state index in [1.54, 1.807) is 11.8 Å². The van der Waals surface area contributed by atoms with Crippen molar-refractivity contribution in [2.24, 2.45) is 5.92 Å². The van der Waals surface area contributed by atoms with E-state index < -0.39 is 29.7 Å². The first-order valence-corrected chi connectivity index (χ1v) is 14.0. The van der Waals surface area contributed by atoms with E-state index in [0.717, 1.165) is 48.3 Å². The van der Waals surface area contributed by atoms with E-state index in [4.69, 9.17) is 14.6 Å². The van der Waals surface area contributed by atoms with Gasteiger partial charge in [0, 0.05) is 12.5 Å². The van der Waals surface area contributed by atoms with E-state index in [1.165, 1.54) is 0 Å². The van der Waals surface area contributed by atoms with Crippen LogP contribution in [0.5, 0.6) is 5.88 Å². The highest BCUT2D eigenvalue weighted by molar-refractivity contribution is 5.90. The summed E-state index contributed by atoms with van der Waals surface area (Å²) in [6, 6.07) is 16.4. The van der Waals surface area contributed by atoms with Crippen LogP contribution in [0.15, 0.2) is 54.6 Å². The Labute approximate surface area is 236 Å². The molecule has 40 heavy (non-hydrogen) atoms. The first-order chi connectivity index (χ1) is 19.2. The van der Waals surface area contributed by atoms with Gasteiger partial charge in [0.1, 0.15) is 11.9 Å². The normalized spacial score (nSPS) is 22.9. The first kappa shape index (κ1) is 28.1. The summed E-state index contributed by atoms with van der Waals surface area (Å²) in [5.74, 6) is 1.50. The van der Waals surface area contributed by atoms with E-state index in [2.05, 4.69) is 22.6 Å². The molecule has 1 aliphatic heterocycles. The molecular weight excluding hydrogens is 506 g/mol. The summed E-state index contributed by atoms with van der Waals surface area (Å²) in [4.78, 5) is 15.8. The van der Waals surface area contributed by atoms with Crippen LogP contribution in [0, 0.1) is 12.8 Å². The molecule has 1 fully saturated rings. The Morgan fingerprint density at radius 2 is 1.77 bits per heavy atom. The van der Waals surface area contributed by atoms with E-state index in [-0.39, 0.29) is 0 Å². The molecule has 9 heteroatoms. The lowest BCUT2D eigenvalue weighted by Crippen LogP contribution is -2.55. The van der Waals surface area contributed by atoms with Crippen LogP contribution in [-0.2, 0) is 10.2 Å². The highest BCUT2D eigenvalue weighted by atomic mass is 16.5. The molecule has 2 aromatic carbocycles. The zero-order valence-electron chi connectivity index (χ0n) is 24.1. The number of para-hydroxylation sites is 1. The zero-order chi connectivity index (χ0) is 28.4. The quantitative estimate of drug-likeness (QED) is 0.405. The minimum Gasteiger partial charge on any atom is -0.476 e. The molecule has 3 N–H and O–H groups in total. The fraction of sp³-hybridized carbons (Fsp3) is 0.484. The number of rotatable bonds is 7. The fourth-order valence-electron chi connectivity index (χ4n) is 6.12. The van der Waals surface area contributed by atoms with Crippen LogP contribution in [0.3, 0.4) is 0 Å². The van der Waals surface area contributed by atoms with Crippen molar-refractivity contribution < 1.29 is 19.4 Å². The van der Waals surface area contributed by atoms with Crippen LogP contribution >= 0.6 is 0 Å². The second-order valence-corrected chi connectivity index (χ2v) is 11.6. The molecule has 3 atom stereocenters. The number of carbonyl (C=O) groups is 1. The largest absolute Gasteiger partial charge is 0.476 e. The SMILES string of the molecule is CO[C@@H]1[C@@H](O)[C@H](NC(=O)Nc2c(C)c(OCC3CCN(C)CC3)nn2-c2ccccc2)c2ccccc2C1(C)C. The van der Waals surface area contributed by atoms with Crippen molar-refractivity contribution in [1.82, 2.24) is 20.0 Å². The fourth-order valence-corrected chi connectivity index (χ4v) is 6.12. The number of piperidine rings is 1.